The van der Waals surface area contributed by atoms with Gasteiger partial charge in [-0.15, -0.1) is 11.8 Å². The van der Waals surface area contributed by atoms with Gasteiger partial charge in [-0.2, -0.15) is 0 Å². The normalized spacial score (nSPS) is 9.38. The SMILES string of the molecule is COC(=O)Nc1ccc(SC)cc1. The number of carbonyl (C=O) groups excluding carboxylic acids is 1. The van der Waals surface area contributed by atoms with Gasteiger partial charge in [-0.1, -0.05) is 0 Å². The fraction of sp³-hybridized carbons (Fsp3) is 0.222. The maximum atomic E-state index is 10.8. The Morgan fingerprint density at radius 2 is 2.00 bits per heavy atom. The predicted molar refractivity (Wildman–Crippen MR) is 54.3 cm³/mol. The number of rotatable bonds is 2. The van der Waals surface area contributed by atoms with Gasteiger partial charge < -0.3 is 4.74 Å². The molecule has 0 aromatic heterocycles. The van der Waals surface area contributed by atoms with E-state index in [2.05, 4.69) is 10.1 Å². The van der Waals surface area contributed by atoms with E-state index in [0.29, 0.717) is 0 Å². The topological polar surface area (TPSA) is 38.3 Å². The van der Waals surface area contributed by atoms with E-state index < -0.39 is 6.09 Å². The molecule has 1 aromatic rings. The second kappa shape index (κ2) is 4.77. The van der Waals surface area contributed by atoms with E-state index in [4.69, 9.17) is 0 Å². The zero-order chi connectivity index (χ0) is 9.68. The van der Waals surface area contributed by atoms with Gasteiger partial charge in [0.15, 0.2) is 0 Å². The predicted octanol–water partition coefficient (Wildman–Crippen LogP) is 2.59. The van der Waals surface area contributed by atoms with Crippen molar-refractivity contribution in [2.75, 3.05) is 18.7 Å². The third-order valence-electron chi connectivity index (χ3n) is 1.52. The molecule has 0 heterocycles. The lowest BCUT2D eigenvalue weighted by molar-refractivity contribution is 0.187. The van der Waals surface area contributed by atoms with E-state index >= 15 is 0 Å². The van der Waals surface area contributed by atoms with Crippen LogP contribution in [0.3, 0.4) is 0 Å². The summed E-state index contributed by atoms with van der Waals surface area (Å²) in [4.78, 5) is 12.0. The smallest absolute Gasteiger partial charge is 0.411 e. The Kier molecular flexibility index (Phi) is 3.64. The highest BCUT2D eigenvalue weighted by Gasteiger charge is 1.99. The van der Waals surface area contributed by atoms with Crippen molar-refractivity contribution >= 4 is 23.5 Å². The minimum Gasteiger partial charge on any atom is -0.453 e. The summed E-state index contributed by atoms with van der Waals surface area (Å²) in [6, 6.07) is 7.55. The van der Waals surface area contributed by atoms with Crippen LogP contribution in [0, 0.1) is 0 Å². The maximum absolute atomic E-state index is 10.8. The molecule has 0 atom stereocenters. The van der Waals surface area contributed by atoms with Gasteiger partial charge >= 0.3 is 6.09 Å². The van der Waals surface area contributed by atoms with E-state index in [-0.39, 0.29) is 0 Å². The van der Waals surface area contributed by atoms with Crippen molar-refractivity contribution in [2.45, 2.75) is 4.90 Å². The summed E-state index contributed by atoms with van der Waals surface area (Å²) in [6.45, 7) is 0. The molecule has 1 aromatic carbocycles. The number of hydrogen-bond donors (Lipinski definition) is 1. The summed E-state index contributed by atoms with van der Waals surface area (Å²) in [5, 5.41) is 2.57. The van der Waals surface area contributed by atoms with Gasteiger partial charge in [0.1, 0.15) is 0 Å². The first-order chi connectivity index (χ1) is 6.26. The second-order valence-corrected chi connectivity index (χ2v) is 3.22. The molecule has 70 valence electrons. The number of amides is 1. The number of methoxy groups -OCH3 is 1. The molecule has 3 nitrogen and oxygen atoms in total. The van der Waals surface area contributed by atoms with Crippen molar-refractivity contribution in [1.82, 2.24) is 0 Å². The van der Waals surface area contributed by atoms with Crippen LogP contribution in [0.1, 0.15) is 0 Å². The Bertz CT molecular complexity index is 284. The lowest BCUT2D eigenvalue weighted by atomic mass is 10.3. The Hall–Kier alpha value is -1.16. The van der Waals surface area contributed by atoms with Crippen molar-refractivity contribution in [3.05, 3.63) is 24.3 Å². The first kappa shape index (κ1) is 9.92. The quantitative estimate of drug-likeness (QED) is 0.740. The average Bonchev–Trinajstić information content (AvgIpc) is 2.19. The van der Waals surface area contributed by atoms with Gasteiger partial charge in [-0.05, 0) is 30.5 Å². The monoisotopic (exact) mass is 197 g/mol. The minimum atomic E-state index is -0.447. The third kappa shape index (κ3) is 2.99. The first-order valence-electron chi connectivity index (χ1n) is 3.75. The lowest BCUT2D eigenvalue weighted by Gasteiger charge is -2.03. The zero-order valence-corrected chi connectivity index (χ0v) is 8.35. The molecule has 1 N–H and O–H groups in total. The average molecular weight is 197 g/mol. The Labute approximate surface area is 81.5 Å². The highest BCUT2D eigenvalue weighted by molar-refractivity contribution is 7.98. The molecule has 1 rings (SSSR count). The van der Waals surface area contributed by atoms with E-state index in [0.717, 1.165) is 10.6 Å². The van der Waals surface area contributed by atoms with Gasteiger partial charge in [0, 0.05) is 10.6 Å². The van der Waals surface area contributed by atoms with Crippen LogP contribution in [0.2, 0.25) is 0 Å². The molecule has 0 aliphatic rings. The molecule has 4 heteroatoms. The largest absolute Gasteiger partial charge is 0.453 e. The van der Waals surface area contributed by atoms with E-state index in [9.17, 15) is 4.79 Å². The number of thioether (sulfide) groups is 1. The van der Waals surface area contributed by atoms with E-state index in [1.54, 1.807) is 11.8 Å². The van der Waals surface area contributed by atoms with Crippen LogP contribution < -0.4 is 5.32 Å². The van der Waals surface area contributed by atoms with Crippen molar-refractivity contribution in [3.63, 3.8) is 0 Å². The number of anilines is 1. The highest BCUT2D eigenvalue weighted by Crippen LogP contribution is 2.17. The molecule has 1 amide bonds. The number of benzene rings is 1. The Morgan fingerprint density at radius 1 is 1.38 bits per heavy atom. The fourth-order valence-corrected chi connectivity index (χ4v) is 1.25. The Morgan fingerprint density at radius 3 is 2.46 bits per heavy atom. The number of carbonyl (C=O) groups is 1. The van der Waals surface area contributed by atoms with E-state index in [1.165, 1.54) is 7.11 Å². The molecule has 0 radical (unpaired) electrons. The highest BCUT2D eigenvalue weighted by atomic mass is 32.2. The van der Waals surface area contributed by atoms with Crippen molar-refractivity contribution in [3.8, 4) is 0 Å². The summed E-state index contributed by atoms with van der Waals surface area (Å²) < 4.78 is 4.46. The van der Waals surface area contributed by atoms with E-state index in [1.807, 2.05) is 30.5 Å². The lowest BCUT2D eigenvalue weighted by Crippen LogP contribution is -2.10. The van der Waals surface area contributed by atoms with Gasteiger partial charge in [-0.3, -0.25) is 5.32 Å². The molecule has 0 aliphatic heterocycles. The summed E-state index contributed by atoms with van der Waals surface area (Å²) in [6.07, 6.45) is 1.56. The molecule has 0 unspecified atom stereocenters. The van der Waals surface area contributed by atoms with Crippen molar-refractivity contribution in [1.29, 1.82) is 0 Å². The van der Waals surface area contributed by atoms with Crippen molar-refractivity contribution < 1.29 is 9.53 Å². The van der Waals surface area contributed by atoms with Crippen LogP contribution in [0.4, 0.5) is 10.5 Å². The molecule has 0 saturated heterocycles. The molecular weight excluding hydrogens is 186 g/mol. The van der Waals surface area contributed by atoms with Gasteiger partial charge in [0.25, 0.3) is 0 Å². The third-order valence-corrected chi connectivity index (χ3v) is 2.27. The molecular formula is C9H11NO2S. The molecule has 0 aliphatic carbocycles. The fourth-order valence-electron chi connectivity index (χ4n) is 0.843. The second-order valence-electron chi connectivity index (χ2n) is 2.35. The molecule has 0 fully saturated rings. The van der Waals surface area contributed by atoms with Crippen LogP contribution in [0.25, 0.3) is 0 Å². The van der Waals surface area contributed by atoms with Crippen LogP contribution in [-0.2, 0) is 4.74 Å². The van der Waals surface area contributed by atoms with Gasteiger partial charge in [-0.25, -0.2) is 4.79 Å². The number of ether oxygens (including phenoxy) is 1. The Balaban J connectivity index is 2.64. The first-order valence-corrected chi connectivity index (χ1v) is 4.97. The van der Waals surface area contributed by atoms with Crippen LogP contribution >= 0.6 is 11.8 Å². The number of hydrogen-bond acceptors (Lipinski definition) is 3. The molecule has 13 heavy (non-hydrogen) atoms. The molecule has 0 spiro atoms. The number of nitrogens with one attached hydrogen (secondary N) is 1. The summed E-state index contributed by atoms with van der Waals surface area (Å²) in [7, 11) is 1.34. The molecule has 0 bridgehead atoms. The van der Waals surface area contributed by atoms with Gasteiger partial charge in [0.05, 0.1) is 7.11 Å². The maximum Gasteiger partial charge on any atom is 0.411 e. The van der Waals surface area contributed by atoms with Crippen LogP contribution in [0.5, 0.6) is 0 Å². The van der Waals surface area contributed by atoms with Crippen molar-refractivity contribution in [2.24, 2.45) is 0 Å². The van der Waals surface area contributed by atoms with Crippen LogP contribution in [0.15, 0.2) is 29.2 Å². The van der Waals surface area contributed by atoms with Gasteiger partial charge in [0.2, 0.25) is 0 Å². The minimum absolute atomic E-state index is 0.447. The summed E-state index contributed by atoms with van der Waals surface area (Å²) in [5.74, 6) is 0. The zero-order valence-electron chi connectivity index (χ0n) is 7.53. The van der Waals surface area contributed by atoms with Crippen LogP contribution in [-0.4, -0.2) is 19.5 Å². The standard InChI is InChI=1S/C9H11NO2S/c1-12-9(11)10-7-3-5-8(13-2)6-4-7/h3-6H,1-2H3,(H,10,11). The summed E-state index contributed by atoms with van der Waals surface area (Å²) >= 11 is 1.66. The molecule has 0 saturated carbocycles. The summed E-state index contributed by atoms with van der Waals surface area (Å²) in [5.41, 5.74) is 0.740.